The third-order valence-corrected chi connectivity index (χ3v) is 5.86. The van der Waals surface area contributed by atoms with Crippen molar-refractivity contribution in [3.05, 3.63) is 59.4 Å². The average molecular weight is 444 g/mol. The molecular formula is C19H18ClN7O2S. The highest BCUT2D eigenvalue weighted by Gasteiger charge is 2.13. The second-order valence-electron chi connectivity index (χ2n) is 6.65. The number of nitrogens with zero attached hydrogens (tertiary/aromatic N) is 4. The SMILES string of the molecule is Cc1n[nH]c2cc(N(C)c3ccnc(Nc4cc(S(N)(=O)=O)ccc4Cl)n3)ccc12. The minimum atomic E-state index is -3.86. The average Bonchev–Trinajstić information content (AvgIpc) is 3.09. The summed E-state index contributed by atoms with van der Waals surface area (Å²) in [6.07, 6.45) is 1.59. The second kappa shape index (κ2) is 7.56. The van der Waals surface area contributed by atoms with Crippen LogP contribution in [0.4, 0.5) is 23.1 Å². The highest BCUT2D eigenvalue weighted by molar-refractivity contribution is 7.89. The first kappa shape index (κ1) is 20.1. The van der Waals surface area contributed by atoms with Crippen molar-refractivity contribution in [1.82, 2.24) is 20.2 Å². The van der Waals surface area contributed by atoms with Gasteiger partial charge in [-0.15, -0.1) is 0 Å². The lowest BCUT2D eigenvalue weighted by Crippen LogP contribution is -2.13. The third-order valence-electron chi connectivity index (χ3n) is 4.62. The van der Waals surface area contributed by atoms with Gasteiger partial charge in [-0.2, -0.15) is 10.1 Å². The Hall–Kier alpha value is -3.21. The van der Waals surface area contributed by atoms with Crippen molar-refractivity contribution in [1.29, 1.82) is 0 Å². The van der Waals surface area contributed by atoms with E-state index in [0.717, 1.165) is 22.3 Å². The first-order valence-electron chi connectivity index (χ1n) is 8.83. The standard InChI is InChI=1S/C19H18ClN7O2S/c1-11-14-5-3-12(9-16(14)26-25-11)27(2)18-7-8-22-19(24-18)23-17-10-13(30(21,28)29)4-6-15(17)20/h3-10H,1-2H3,(H,25,26)(H2,21,28,29)(H,22,23,24). The van der Waals surface area contributed by atoms with Gasteiger partial charge in [0, 0.05) is 24.3 Å². The summed E-state index contributed by atoms with van der Waals surface area (Å²) in [7, 11) is -1.98. The van der Waals surface area contributed by atoms with E-state index < -0.39 is 10.0 Å². The lowest BCUT2D eigenvalue weighted by Gasteiger charge is -2.19. The number of aryl methyl sites for hydroxylation is 1. The number of nitrogens with two attached hydrogens (primary N) is 1. The van der Waals surface area contributed by atoms with E-state index in [1.807, 2.05) is 37.1 Å². The number of rotatable bonds is 5. The van der Waals surface area contributed by atoms with Gasteiger partial charge in [0.15, 0.2) is 0 Å². The fraction of sp³-hybridized carbons (Fsp3) is 0.105. The fourth-order valence-electron chi connectivity index (χ4n) is 2.98. The molecule has 4 N–H and O–H groups in total. The van der Waals surface area contributed by atoms with Crippen LogP contribution >= 0.6 is 11.6 Å². The Balaban J connectivity index is 1.64. The van der Waals surface area contributed by atoms with Crippen molar-refractivity contribution in [3.63, 3.8) is 0 Å². The molecule has 2 heterocycles. The molecule has 0 aliphatic carbocycles. The number of nitrogens with one attached hydrogen (secondary N) is 2. The molecule has 2 aromatic heterocycles. The zero-order chi connectivity index (χ0) is 21.5. The summed E-state index contributed by atoms with van der Waals surface area (Å²) in [4.78, 5) is 10.5. The summed E-state index contributed by atoms with van der Waals surface area (Å²) in [5.74, 6) is 0.882. The molecule has 4 rings (SSSR count). The largest absolute Gasteiger partial charge is 0.329 e. The van der Waals surface area contributed by atoms with E-state index in [0.29, 0.717) is 16.5 Å². The van der Waals surface area contributed by atoms with Crippen LogP contribution in [0.25, 0.3) is 10.9 Å². The molecule has 0 atom stereocenters. The number of benzene rings is 2. The van der Waals surface area contributed by atoms with Crippen LogP contribution in [0.5, 0.6) is 0 Å². The number of halogens is 1. The number of H-pyrrole nitrogens is 1. The van der Waals surface area contributed by atoms with Gasteiger partial charge in [-0.05, 0) is 49.4 Å². The molecule has 0 amide bonds. The van der Waals surface area contributed by atoms with E-state index in [1.54, 1.807) is 12.3 Å². The van der Waals surface area contributed by atoms with Gasteiger partial charge in [-0.3, -0.25) is 5.10 Å². The summed E-state index contributed by atoms with van der Waals surface area (Å²) in [6.45, 7) is 1.95. The van der Waals surface area contributed by atoms with Gasteiger partial charge < -0.3 is 10.2 Å². The van der Waals surface area contributed by atoms with Gasteiger partial charge in [0.05, 0.1) is 26.8 Å². The number of fused-ring (bicyclic) bond motifs is 1. The van der Waals surface area contributed by atoms with Gasteiger partial charge in [0.25, 0.3) is 0 Å². The Bertz CT molecular complexity index is 1350. The molecule has 0 bridgehead atoms. The summed E-state index contributed by atoms with van der Waals surface area (Å²) in [6, 6.07) is 11.8. The van der Waals surface area contributed by atoms with E-state index >= 15 is 0 Å². The maximum atomic E-state index is 11.6. The first-order valence-corrected chi connectivity index (χ1v) is 10.8. The van der Waals surface area contributed by atoms with Crippen LogP contribution in [0.1, 0.15) is 5.69 Å². The number of primary sulfonamides is 1. The number of aromatic amines is 1. The monoisotopic (exact) mass is 443 g/mol. The first-order chi connectivity index (χ1) is 14.2. The second-order valence-corrected chi connectivity index (χ2v) is 8.62. The Morgan fingerprint density at radius 2 is 1.97 bits per heavy atom. The Labute approximate surface area is 178 Å². The Kier molecular flexibility index (Phi) is 5.06. The number of aromatic nitrogens is 4. The maximum absolute atomic E-state index is 11.6. The van der Waals surface area contributed by atoms with E-state index in [-0.39, 0.29) is 10.8 Å². The minimum Gasteiger partial charge on any atom is -0.329 e. The van der Waals surface area contributed by atoms with E-state index in [4.69, 9.17) is 16.7 Å². The molecule has 0 radical (unpaired) electrons. The minimum absolute atomic E-state index is 0.0641. The molecule has 0 fully saturated rings. The highest BCUT2D eigenvalue weighted by atomic mass is 35.5. The molecule has 2 aromatic carbocycles. The summed E-state index contributed by atoms with van der Waals surface area (Å²) < 4.78 is 23.2. The number of sulfonamides is 1. The number of hydrogen-bond donors (Lipinski definition) is 3. The third kappa shape index (κ3) is 3.92. The van der Waals surface area contributed by atoms with Gasteiger partial charge in [0.1, 0.15) is 5.82 Å². The van der Waals surface area contributed by atoms with E-state index in [9.17, 15) is 8.42 Å². The molecular weight excluding hydrogens is 426 g/mol. The lowest BCUT2D eigenvalue weighted by atomic mass is 10.2. The molecule has 11 heteroatoms. The van der Waals surface area contributed by atoms with Crippen LogP contribution < -0.4 is 15.4 Å². The van der Waals surface area contributed by atoms with Crippen molar-refractivity contribution in [3.8, 4) is 0 Å². The van der Waals surface area contributed by atoms with Gasteiger partial charge in [-0.25, -0.2) is 18.5 Å². The summed E-state index contributed by atoms with van der Waals surface area (Å²) >= 11 is 6.18. The molecule has 0 saturated carbocycles. The molecule has 0 spiro atoms. The van der Waals surface area contributed by atoms with Crippen LogP contribution in [-0.2, 0) is 10.0 Å². The predicted octanol–water partition coefficient (Wildman–Crippen LogP) is 3.47. The maximum Gasteiger partial charge on any atom is 0.238 e. The van der Waals surface area contributed by atoms with Gasteiger partial charge >= 0.3 is 0 Å². The zero-order valence-electron chi connectivity index (χ0n) is 16.1. The van der Waals surface area contributed by atoms with Gasteiger partial charge in [0.2, 0.25) is 16.0 Å². The smallest absolute Gasteiger partial charge is 0.238 e. The molecule has 0 aliphatic rings. The molecule has 0 aliphatic heterocycles. The van der Waals surface area contributed by atoms with Crippen molar-refractivity contribution in [2.24, 2.45) is 5.14 Å². The van der Waals surface area contributed by atoms with Crippen LogP contribution in [0.2, 0.25) is 5.02 Å². The van der Waals surface area contributed by atoms with Crippen LogP contribution in [0, 0.1) is 6.92 Å². The van der Waals surface area contributed by atoms with Gasteiger partial charge in [-0.1, -0.05) is 11.6 Å². The van der Waals surface area contributed by atoms with Crippen LogP contribution in [0.3, 0.4) is 0 Å². The van der Waals surface area contributed by atoms with Crippen molar-refractivity contribution >= 4 is 55.7 Å². The van der Waals surface area contributed by atoms with Crippen molar-refractivity contribution in [2.75, 3.05) is 17.3 Å². The Morgan fingerprint density at radius 3 is 2.73 bits per heavy atom. The molecule has 0 saturated heterocycles. The molecule has 0 unspecified atom stereocenters. The molecule has 154 valence electrons. The highest BCUT2D eigenvalue weighted by Crippen LogP contribution is 2.29. The Morgan fingerprint density at radius 1 is 1.17 bits per heavy atom. The molecule has 9 nitrogen and oxygen atoms in total. The van der Waals surface area contributed by atoms with E-state index in [1.165, 1.54) is 18.2 Å². The topological polar surface area (TPSA) is 130 Å². The normalized spacial score (nSPS) is 11.6. The molecule has 30 heavy (non-hydrogen) atoms. The zero-order valence-corrected chi connectivity index (χ0v) is 17.7. The van der Waals surface area contributed by atoms with Crippen LogP contribution in [-0.4, -0.2) is 35.6 Å². The number of anilines is 4. The fourth-order valence-corrected chi connectivity index (χ4v) is 3.68. The van der Waals surface area contributed by atoms with Crippen LogP contribution in [0.15, 0.2) is 53.6 Å². The quantitative estimate of drug-likeness (QED) is 0.430. The summed E-state index contributed by atoms with van der Waals surface area (Å²) in [5, 5.41) is 16.7. The lowest BCUT2D eigenvalue weighted by molar-refractivity contribution is 0.598. The van der Waals surface area contributed by atoms with Crippen molar-refractivity contribution in [2.45, 2.75) is 11.8 Å². The summed E-state index contributed by atoms with van der Waals surface area (Å²) in [5.41, 5.74) is 3.10. The van der Waals surface area contributed by atoms with Crippen molar-refractivity contribution < 1.29 is 8.42 Å². The predicted molar refractivity (Wildman–Crippen MR) is 117 cm³/mol. The van der Waals surface area contributed by atoms with E-state index in [2.05, 4.69) is 25.5 Å². The molecule has 4 aromatic rings. The number of hydrogen-bond acceptors (Lipinski definition) is 7.